The Bertz CT molecular complexity index is 557. The van der Waals surface area contributed by atoms with Crippen LogP contribution >= 0.6 is 0 Å². The Balaban J connectivity index is 1.87. The zero-order chi connectivity index (χ0) is 11.7. The van der Waals surface area contributed by atoms with Crippen molar-refractivity contribution >= 4 is 11.5 Å². The predicted octanol–water partition coefficient (Wildman–Crippen LogP) is 1.95. The molecule has 1 N–H and O–H groups in total. The Morgan fingerprint density at radius 3 is 3.12 bits per heavy atom. The maximum absolute atomic E-state index is 4.48. The van der Waals surface area contributed by atoms with Crippen molar-refractivity contribution in [1.29, 1.82) is 0 Å². The van der Waals surface area contributed by atoms with Gasteiger partial charge in [0.1, 0.15) is 5.82 Å². The van der Waals surface area contributed by atoms with Crippen LogP contribution in [0.4, 0.5) is 5.82 Å². The van der Waals surface area contributed by atoms with E-state index in [2.05, 4.69) is 32.8 Å². The normalized spacial score (nSPS) is 19.7. The summed E-state index contributed by atoms with van der Waals surface area (Å²) in [6, 6.07) is 4.28. The van der Waals surface area contributed by atoms with Crippen LogP contribution in [0, 0.1) is 6.92 Å². The van der Waals surface area contributed by atoms with E-state index < -0.39 is 0 Å². The summed E-state index contributed by atoms with van der Waals surface area (Å²) in [6.45, 7) is 1.90. The Hall–Kier alpha value is -1.91. The molecule has 0 aromatic carbocycles. The molecule has 1 aliphatic rings. The largest absolute Gasteiger partial charge is 0.362 e. The number of aromatic nitrogens is 4. The number of nitrogens with zero attached hydrogens (tertiary/aromatic N) is 4. The van der Waals surface area contributed by atoms with Crippen LogP contribution < -0.4 is 5.32 Å². The zero-order valence-electron chi connectivity index (χ0n) is 9.80. The second-order valence-electron chi connectivity index (χ2n) is 4.35. The van der Waals surface area contributed by atoms with Gasteiger partial charge in [-0.15, -0.1) is 15.3 Å². The lowest BCUT2D eigenvalue weighted by Crippen LogP contribution is -2.19. The maximum atomic E-state index is 4.48. The molecule has 2 heterocycles. The van der Waals surface area contributed by atoms with Crippen molar-refractivity contribution in [3.05, 3.63) is 30.1 Å². The lowest BCUT2D eigenvalue weighted by molar-refractivity contribution is 0.669. The molecule has 0 amide bonds. The summed E-state index contributed by atoms with van der Waals surface area (Å²) in [7, 11) is 0. The molecule has 5 heteroatoms. The first-order chi connectivity index (χ1) is 8.33. The van der Waals surface area contributed by atoms with Gasteiger partial charge in [-0.1, -0.05) is 12.2 Å². The Morgan fingerprint density at radius 2 is 2.29 bits per heavy atom. The molecule has 0 aliphatic heterocycles. The summed E-state index contributed by atoms with van der Waals surface area (Å²) in [5.41, 5.74) is 0.784. The summed E-state index contributed by atoms with van der Waals surface area (Å²) in [5, 5.41) is 15.9. The topological polar surface area (TPSA) is 55.1 Å². The molecule has 5 nitrogen and oxygen atoms in total. The molecule has 0 saturated carbocycles. The Morgan fingerprint density at radius 1 is 1.35 bits per heavy atom. The van der Waals surface area contributed by atoms with Crippen molar-refractivity contribution in [2.24, 2.45) is 0 Å². The standard InChI is InChI=1S/C12H15N5/c1-9-14-15-12-8-7-11(16-17(9)12)13-10-5-3-2-4-6-10/h3,5,7-8,10H,2,4,6H2,1H3,(H,13,16). The van der Waals surface area contributed by atoms with Gasteiger partial charge in [0.05, 0.1) is 0 Å². The van der Waals surface area contributed by atoms with E-state index in [0.29, 0.717) is 6.04 Å². The van der Waals surface area contributed by atoms with Gasteiger partial charge < -0.3 is 5.32 Å². The van der Waals surface area contributed by atoms with Crippen molar-refractivity contribution in [3.8, 4) is 0 Å². The van der Waals surface area contributed by atoms with E-state index in [1.54, 1.807) is 4.52 Å². The highest BCUT2D eigenvalue weighted by Gasteiger charge is 2.09. The van der Waals surface area contributed by atoms with Crippen LogP contribution in [0.3, 0.4) is 0 Å². The Kier molecular flexibility index (Phi) is 2.51. The Labute approximate surface area is 99.6 Å². The summed E-state index contributed by atoms with van der Waals surface area (Å²) >= 11 is 0. The number of anilines is 1. The van der Waals surface area contributed by atoms with E-state index in [-0.39, 0.29) is 0 Å². The fourth-order valence-electron chi connectivity index (χ4n) is 2.10. The molecule has 1 aliphatic carbocycles. The van der Waals surface area contributed by atoms with Crippen LogP contribution in [-0.4, -0.2) is 25.9 Å². The first-order valence-electron chi connectivity index (χ1n) is 5.95. The van der Waals surface area contributed by atoms with Gasteiger partial charge in [0.2, 0.25) is 0 Å². The molecule has 3 rings (SSSR count). The summed E-state index contributed by atoms with van der Waals surface area (Å²) in [5.74, 6) is 1.68. The molecule has 2 aromatic heterocycles. The molecule has 1 unspecified atom stereocenters. The number of allylic oxidation sites excluding steroid dienone is 1. The number of fused-ring (bicyclic) bond motifs is 1. The quantitative estimate of drug-likeness (QED) is 0.800. The second-order valence-corrected chi connectivity index (χ2v) is 4.35. The monoisotopic (exact) mass is 229 g/mol. The SMILES string of the molecule is Cc1nnc2ccc(NC3C=CCCC3)nn12. The number of nitrogens with one attached hydrogen (secondary N) is 1. The second kappa shape index (κ2) is 4.16. The van der Waals surface area contributed by atoms with E-state index in [9.17, 15) is 0 Å². The molecule has 2 aromatic rings. The molecule has 88 valence electrons. The van der Waals surface area contributed by atoms with Gasteiger partial charge in [0.15, 0.2) is 11.5 Å². The number of rotatable bonds is 2. The molecule has 1 atom stereocenters. The molecule has 0 radical (unpaired) electrons. The smallest absolute Gasteiger partial charge is 0.178 e. The van der Waals surface area contributed by atoms with Crippen molar-refractivity contribution in [2.75, 3.05) is 5.32 Å². The van der Waals surface area contributed by atoms with Crippen LogP contribution in [-0.2, 0) is 0 Å². The molecule has 17 heavy (non-hydrogen) atoms. The van der Waals surface area contributed by atoms with E-state index in [1.807, 2.05) is 19.1 Å². The van der Waals surface area contributed by atoms with Crippen LogP contribution in [0.1, 0.15) is 25.1 Å². The van der Waals surface area contributed by atoms with Gasteiger partial charge in [-0.25, -0.2) is 0 Å². The minimum atomic E-state index is 0.394. The minimum absolute atomic E-state index is 0.394. The van der Waals surface area contributed by atoms with Gasteiger partial charge >= 0.3 is 0 Å². The van der Waals surface area contributed by atoms with Gasteiger partial charge in [-0.2, -0.15) is 4.52 Å². The summed E-state index contributed by atoms with van der Waals surface area (Å²) < 4.78 is 1.76. The first kappa shape index (κ1) is 10.3. The lowest BCUT2D eigenvalue weighted by Gasteiger charge is -2.18. The van der Waals surface area contributed by atoms with E-state index in [0.717, 1.165) is 23.7 Å². The number of aryl methyl sites for hydroxylation is 1. The fourth-order valence-corrected chi connectivity index (χ4v) is 2.10. The minimum Gasteiger partial charge on any atom is -0.362 e. The maximum Gasteiger partial charge on any atom is 0.178 e. The van der Waals surface area contributed by atoms with Gasteiger partial charge in [0.25, 0.3) is 0 Å². The van der Waals surface area contributed by atoms with Crippen molar-refractivity contribution in [2.45, 2.75) is 32.2 Å². The van der Waals surface area contributed by atoms with Crippen molar-refractivity contribution in [3.63, 3.8) is 0 Å². The van der Waals surface area contributed by atoms with Crippen LogP contribution in [0.5, 0.6) is 0 Å². The van der Waals surface area contributed by atoms with Gasteiger partial charge in [-0.3, -0.25) is 0 Å². The lowest BCUT2D eigenvalue weighted by atomic mass is 10.0. The summed E-state index contributed by atoms with van der Waals surface area (Å²) in [6.07, 6.45) is 8.03. The van der Waals surface area contributed by atoms with Gasteiger partial charge in [0, 0.05) is 6.04 Å². The molecular weight excluding hydrogens is 214 g/mol. The van der Waals surface area contributed by atoms with E-state index in [4.69, 9.17) is 0 Å². The molecule has 0 bridgehead atoms. The van der Waals surface area contributed by atoms with Crippen LogP contribution in [0.2, 0.25) is 0 Å². The predicted molar refractivity (Wildman–Crippen MR) is 65.9 cm³/mol. The zero-order valence-corrected chi connectivity index (χ0v) is 9.80. The first-order valence-corrected chi connectivity index (χ1v) is 5.95. The van der Waals surface area contributed by atoms with Gasteiger partial charge in [-0.05, 0) is 38.3 Å². The summed E-state index contributed by atoms with van der Waals surface area (Å²) in [4.78, 5) is 0. The van der Waals surface area contributed by atoms with E-state index >= 15 is 0 Å². The number of hydrogen-bond donors (Lipinski definition) is 1. The van der Waals surface area contributed by atoms with Crippen molar-refractivity contribution in [1.82, 2.24) is 19.8 Å². The molecule has 0 spiro atoms. The highest BCUT2D eigenvalue weighted by atomic mass is 15.4. The third-order valence-corrected chi connectivity index (χ3v) is 3.01. The fraction of sp³-hybridized carbons (Fsp3) is 0.417. The third kappa shape index (κ3) is 2.00. The molecule has 0 fully saturated rings. The average Bonchev–Trinajstić information content (AvgIpc) is 2.73. The molecular formula is C12H15N5. The number of hydrogen-bond acceptors (Lipinski definition) is 4. The highest BCUT2D eigenvalue weighted by molar-refractivity contribution is 5.44. The third-order valence-electron chi connectivity index (χ3n) is 3.01. The van der Waals surface area contributed by atoms with Crippen LogP contribution in [0.15, 0.2) is 24.3 Å². The van der Waals surface area contributed by atoms with Crippen molar-refractivity contribution < 1.29 is 0 Å². The van der Waals surface area contributed by atoms with E-state index in [1.165, 1.54) is 12.8 Å². The molecule has 0 saturated heterocycles. The van der Waals surface area contributed by atoms with Crippen LogP contribution in [0.25, 0.3) is 5.65 Å². The average molecular weight is 229 g/mol. The highest BCUT2D eigenvalue weighted by Crippen LogP contribution is 2.15.